The van der Waals surface area contributed by atoms with Gasteiger partial charge >= 0.3 is 13.2 Å². The number of nitrogens with one attached hydrogen (secondary N) is 1. The first kappa shape index (κ1) is 18.3. The van der Waals surface area contributed by atoms with Gasteiger partial charge in [-0.25, -0.2) is 4.79 Å². The minimum Gasteiger partial charge on any atom is -0.444 e. The molecule has 2 fully saturated rings. The molecule has 0 aromatic heterocycles. The molecule has 1 aromatic carbocycles. The van der Waals surface area contributed by atoms with E-state index in [0.717, 1.165) is 19.3 Å². The molecule has 2 aliphatic rings. The second-order valence-electron chi connectivity index (χ2n) is 8.85. The number of hydrogen-bond acceptors (Lipinski definition) is 4. The molecular weight excluding hydrogens is 317 g/mol. The fourth-order valence-electron chi connectivity index (χ4n) is 4.36. The van der Waals surface area contributed by atoms with Crippen molar-refractivity contribution in [3.05, 3.63) is 29.8 Å². The highest BCUT2D eigenvalue weighted by Crippen LogP contribution is 2.59. The van der Waals surface area contributed by atoms with Crippen LogP contribution in [0.15, 0.2) is 24.3 Å². The summed E-state index contributed by atoms with van der Waals surface area (Å²) in [7, 11) is -1.40. The predicted molar refractivity (Wildman–Crippen MR) is 97.5 cm³/mol. The maximum absolute atomic E-state index is 11.8. The van der Waals surface area contributed by atoms with Crippen LogP contribution >= 0.6 is 0 Å². The first-order valence-electron chi connectivity index (χ1n) is 9.09. The van der Waals surface area contributed by atoms with E-state index in [1.165, 1.54) is 18.4 Å². The van der Waals surface area contributed by atoms with Crippen LogP contribution in [0.1, 0.15) is 52.0 Å². The molecule has 0 saturated heterocycles. The van der Waals surface area contributed by atoms with Crippen LogP contribution in [0.4, 0.5) is 4.79 Å². The molecule has 0 unspecified atom stereocenters. The summed E-state index contributed by atoms with van der Waals surface area (Å²) >= 11 is 0. The van der Waals surface area contributed by atoms with Crippen LogP contribution in [-0.2, 0) is 11.2 Å². The quantitative estimate of drug-likeness (QED) is 0.730. The lowest BCUT2D eigenvalue weighted by Gasteiger charge is -2.58. The van der Waals surface area contributed by atoms with Crippen molar-refractivity contribution in [1.82, 2.24) is 5.32 Å². The summed E-state index contributed by atoms with van der Waals surface area (Å²) in [5.41, 5.74) is 1.75. The summed E-state index contributed by atoms with van der Waals surface area (Å²) in [5, 5.41) is 21.2. The lowest BCUT2D eigenvalue weighted by molar-refractivity contribution is -0.0505. The normalized spacial score (nSPS) is 28.0. The lowest BCUT2D eigenvalue weighted by Crippen LogP contribution is -2.56. The second kappa shape index (κ2) is 6.65. The summed E-state index contributed by atoms with van der Waals surface area (Å²) in [6.45, 7) is 5.62. The molecule has 3 rings (SSSR count). The van der Waals surface area contributed by atoms with E-state index in [-0.39, 0.29) is 12.1 Å². The number of hydrogen-bond donors (Lipinski definition) is 3. The number of alkyl carbamates (subject to hydrolysis) is 1. The average Bonchev–Trinajstić information content (AvgIpc) is 2.41. The Kier molecular flexibility index (Phi) is 4.86. The van der Waals surface area contributed by atoms with E-state index < -0.39 is 12.7 Å². The molecule has 0 radical (unpaired) electrons. The molecule has 0 atom stereocenters. The van der Waals surface area contributed by atoms with Crippen LogP contribution in [0, 0.1) is 11.3 Å². The largest absolute Gasteiger partial charge is 0.488 e. The van der Waals surface area contributed by atoms with Gasteiger partial charge in [-0.05, 0) is 75.2 Å². The summed E-state index contributed by atoms with van der Waals surface area (Å²) in [4.78, 5) is 11.8. The van der Waals surface area contributed by atoms with Crippen molar-refractivity contribution < 1.29 is 19.6 Å². The smallest absolute Gasteiger partial charge is 0.444 e. The van der Waals surface area contributed by atoms with Crippen molar-refractivity contribution in [3.63, 3.8) is 0 Å². The molecule has 6 heteroatoms. The predicted octanol–water partition coefficient (Wildman–Crippen LogP) is 1.99. The fourth-order valence-corrected chi connectivity index (χ4v) is 4.36. The Morgan fingerprint density at radius 3 is 2.32 bits per heavy atom. The van der Waals surface area contributed by atoms with Crippen LogP contribution in [0.3, 0.4) is 0 Å². The van der Waals surface area contributed by atoms with E-state index in [0.29, 0.717) is 16.8 Å². The summed E-state index contributed by atoms with van der Waals surface area (Å²) in [6, 6.07) is 7.76. The second-order valence-corrected chi connectivity index (χ2v) is 8.85. The monoisotopic (exact) mass is 345 g/mol. The number of carbonyl (C=O) groups is 1. The van der Waals surface area contributed by atoms with E-state index >= 15 is 0 Å². The van der Waals surface area contributed by atoms with Gasteiger partial charge in [-0.3, -0.25) is 0 Å². The number of carbonyl (C=O) groups excluding carboxylic acids is 1. The fraction of sp³-hybridized carbons (Fsp3) is 0.632. The minimum absolute atomic E-state index is 0.251. The van der Waals surface area contributed by atoms with Crippen molar-refractivity contribution in [3.8, 4) is 0 Å². The molecule has 0 heterocycles. The molecule has 2 saturated carbocycles. The van der Waals surface area contributed by atoms with Gasteiger partial charge in [0.2, 0.25) is 0 Å². The Labute approximate surface area is 149 Å². The van der Waals surface area contributed by atoms with Gasteiger partial charge in [0.05, 0.1) is 0 Å². The highest BCUT2D eigenvalue weighted by Gasteiger charge is 2.53. The third-order valence-corrected chi connectivity index (χ3v) is 5.33. The highest BCUT2D eigenvalue weighted by atomic mass is 16.6. The molecule has 25 heavy (non-hydrogen) atoms. The molecule has 136 valence electrons. The van der Waals surface area contributed by atoms with Gasteiger partial charge < -0.3 is 20.1 Å². The average molecular weight is 345 g/mol. The first-order valence-corrected chi connectivity index (χ1v) is 9.09. The maximum Gasteiger partial charge on any atom is 0.488 e. The van der Waals surface area contributed by atoms with Gasteiger partial charge in [-0.2, -0.15) is 0 Å². The zero-order valence-corrected chi connectivity index (χ0v) is 15.3. The van der Waals surface area contributed by atoms with Crippen molar-refractivity contribution in [2.45, 2.75) is 64.5 Å². The van der Waals surface area contributed by atoms with E-state index in [2.05, 4.69) is 5.32 Å². The van der Waals surface area contributed by atoms with Gasteiger partial charge in [0.1, 0.15) is 5.60 Å². The number of amides is 1. The maximum atomic E-state index is 11.8. The van der Waals surface area contributed by atoms with E-state index in [4.69, 9.17) is 14.8 Å². The van der Waals surface area contributed by atoms with Crippen molar-refractivity contribution in [2.24, 2.45) is 11.3 Å². The minimum atomic E-state index is -1.40. The Morgan fingerprint density at radius 1 is 1.20 bits per heavy atom. The van der Waals surface area contributed by atoms with Gasteiger partial charge in [0.15, 0.2) is 0 Å². The van der Waals surface area contributed by atoms with Gasteiger partial charge in [-0.15, -0.1) is 0 Å². The summed E-state index contributed by atoms with van der Waals surface area (Å²) in [6.07, 6.45) is 5.26. The number of benzene rings is 1. The Balaban J connectivity index is 1.38. The van der Waals surface area contributed by atoms with Crippen LogP contribution in [0.2, 0.25) is 0 Å². The van der Waals surface area contributed by atoms with Crippen LogP contribution in [0.5, 0.6) is 0 Å². The van der Waals surface area contributed by atoms with Gasteiger partial charge in [0.25, 0.3) is 0 Å². The van der Waals surface area contributed by atoms with Gasteiger partial charge in [-0.1, -0.05) is 24.3 Å². The highest BCUT2D eigenvalue weighted by molar-refractivity contribution is 6.58. The number of rotatable bonds is 4. The van der Waals surface area contributed by atoms with Crippen molar-refractivity contribution in [2.75, 3.05) is 0 Å². The summed E-state index contributed by atoms with van der Waals surface area (Å²) in [5.74, 6) is 0.687. The molecular formula is C19H28BNO4. The molecule has 2 aliphatic carbocycles. The SMILES string of the molecule is CC(C)(C)OC(=O)NC1CC2(CC(Cc3ccc(B(O)O)cc3)C2)C1. The molecule has 5 nitrogen and oxygen atoms in total. The third-order valence-electron chi connectivity index (χ3n) is 5.33. The third kappa shape index (κ3) is 4.56. The zero-order chi connectivity index (χ0) is 18.2. The Morgan fingerprint density at radius 2 is 1.80 bits per heavy atom. The molecule has 1 amide bonds. The van der Waals surface area contributed by atoms with E-state index in [9.17, 15) is 4.79 Å². The standard InChI is InChI=1S/C19H28BNO4/c1-18(2,3)25-17(22)21-16-11-19(12-16)9-14(10-19)8-13-4-6-15(7-5-13)20(23)24/h4-7,14,16,23-24H,8-12H2,1-3H3,(H,21,22). The molecule has 3 N–H and O–H groups in total. The Bertz CT molecular complexity index is 609. The molecule has 0 bridgehead atoms. The lowest BCUT2D eigenvalue weighted by atomic mass is 9.49. The van der Waals surface area contributed by atoms with Crippen LogP contribution < -0.4 is 10.8 Å². The van der Waals surface area contributed by atoms with Crippen molar-refractivity contribution >= 4 is 18.7 Å². The number of ether oxygens (including phenoxy) is 1. The van der Waals surface area contributed by atoms with E-state index in [1.807, 2.05) is 32.9 Å². The Hall–Kier alpha value is -1.53. The van der Waals surface area contributed by atoms with E-state index in [1.54, 1.807) is 12.1 Å². The van der Waals surface area contributed by atoms with Crippen molar-refractivity contribution in [1.29, 1.82) is 0 Å². The van der Waals surface area contributed by atoms with Crippen LogP contribution in [0.25, 0.3) is 0 Å². The van der Waals surface area contributed by atoms with Gasteiger partial charge in [0, 0.05) is 6.04 Å². The molecule has 1 aromatic rings. The molecule has 1 spiro atoms. The summed E-state index contributed by atoms with van der Waals surface area (Å²) < 4.78 is 5.30. The first-order chi connectivity index (χ1) is 11.6. The topological polar surface area (TPSA) is 78.8 Å². The molecule has 0 aliphatic heterocycles. The zero-order valence-electron chi connectivity index (χ0n) is 15.3. The van der Waals surface area contributed by atoms with Crippen LogP contribution in [-0.4, -0.2) is 34.9 Å².